The fraction of sp³-hybridized carbons (Fsp3) is 0.111. The first kappa shape index (κ1) is 15.3. The maximum absolute atomic E-state index is 12.1. The van der Waals surface area contributed by atoms with E-state index in [9.17, 15) is 4.79 Å². The first-order chi connectivity index (χ1) is 11.6. The number of nitrogens with zero attached hydrogens (tertiary/aromatic N) is 1. The lowest BCUT2D eigenvalue weighted by molar-refractivity contribution is -0.123. The molecule has 0 bridgehead atoms. The summed E-state index contributed by atoms with van der Waals surface area (Å²) in [5.74, 6) is -0.554. The number of halogens is 1. The van der Waals surface area contributed by atoms with E-state index in [-0.39, 0.29) is 0 Å². The van der Waals surface area contributed by atoms with Crippen LogP contribution < -0.4 is 5.73 Å². The van der Waals surface area contributed by atoms with Crippen molar-refractivity contribution in [2.24, 2.45) is 5.73 Å². The molecule has 3 aromatic rings. The van der Waals surface area contributed by atoms with Crippen LogP contribution in [0, 0.1) is 0 Å². The molecular weight excluding hydrogens is 344 g/mol. The third-order valence-corrected chi connectivity index (χ3v) is 5.36. The van der Waals surface area contributed by atoms with Gasteiger partial charge >= 0.3 is 0 Å². The summed E-state index contributed by atoms with van der Waals surface area (Å²) in [6.45, 7) is 0. The van der Waals surface area contributed by atoms with Crippen LogP contribution in [0.1, 0.15) is 16.7 Å². The van der Waals surface area contributed by atoms with Crippen molar-refractivity contribution in [2.75, 3.05) is 0 Å². The maximum atomic E-state index is 12.1. The standard InChI is InChI=1S/C18H13ClN2O2S/c19-13-9-5-4-8-12(13)15-18(23-15,16(20)22)17-21-14(10-24-17)11-6-2-1-3-7-11/h1-10,15H,(H2,20,22). The Bertz CT molecular complexity index is 912. The molecule has 0 radical (unpaired) electrons. The minimum absolute atomic E-state index is 0.501. The van der Waals surface area contributed by atoms with E-state index < -0.39 is 17.6 Å². The van der Waals surface area contributed by atoms with Crippen LogP contribution in [0.5, 0.6) is 0 Å². The Morgan fingerprint density at radius 1 is 1.17 bits per heavy atom. The number of thiazole rings is 1. The molecule has 0 aliphatic carbocycles. The van der Waals surface area contributed by atoms with E-state index in [2.05, 4.69) is 4.98 Å². The van der Waals surface area contributed by atoms with Crippen LogP contribution in [0.25, 0.3) is 11.3 Å². The van der Waals surface area contributed by atoms with Gasteiger partial charge in [0.1, 0.15) is 11.1 Å². The highest BCUT2D eigenvalue weighted by Crippen LogP contribution is 2.58. The van der Waals surface area contributed by atoms with Gasteiger partial charge in [-0.2, -0.15) is 0 Å². The molecule has 24 heavy (non-hydrogen) atoms. The van der Waals surface area contributed by atoms with E-state index in [0.29, 0.717) is 10.0 Å². The van der Waals surface area contributed by atoms with Crippen molar-refractivity contribution in [1.29, 1.82) is 0 Å². The summed E-state index contributed by atoms with van der Waals surface area (Å²) in [6, 6.07) is 17.0. The van der Waals surface area contributed by atoms with Gasteiger partial charge in [0.15, 0.2) is 0 Å². The molecule has 120 valence electrons. The van der Waals surface area contributed by atoms with E-state index in [4.69, 9.17) is 22.1 Å². The van der Waals surface area contributed by atoms with Crippen molar-refractivity contribution < 1.29 is 9.53 Å². The van der Waals surface area contributed by atoms with Gasteiger partial charge in [-0.15, -0.1) is 11.3 Å². The molecule has 2 aromatic carbocycles. The highest BCUT2D eigenvalue weighted by atomic mass is 35.5. The molecule has 6 heteroatoms. The summed E-state index contributed by atoms with van der Waals surface area (Å²) in [5.41, 5.74) is 6.94. The maximum Gasteiger partial charge on any atom is 0.260 e. The van der Waals surface area contributed by atoms with E-state index >= 15 is 0 Å². The number of benzene rings is 2. The molecule has 1 aliphatic rings. The third-order valence-electron chi connectivity index (χ3n) is 4.06. The van der Waals surface area contributed by atoms with Crippen molar-refractivity contribution in [3.8, 4) is 11.3 Å². The lowest BCUT2D eigenvalue weighted by Gasteiger charge is -2.06. The molecule has 4 rings (SSSR count). The lowest BCUT2D eigenvalue weighted by atomic mass is 9.99. The molecule has 1 saturated heterocycles. The predicted octanol–water partition coefficient (Wildman–Crippen LogP) is 3.92. The zero-order chi connectivity index (χ0) is 16.7. The number of rotatable bonds is 4. The summed E-state index contributed by atoms with van der Waals surface area (Å²) >= 11 is 7.60. The summed E-state index contributed by atoms with van der Waals surface area (Å²) < 4.78 is 5.76. The molecule has 2 unspecified atom stereocenters. The second kappa shape index (κ2) is 5.70. The molecule has 4 nitrogen and oxygen atoms in total. The Balaban J connectivity index is 1.73. The molecule has 1 aromatic heterocycles. The zero-order valence-corrected chi connectivity index (χ0v) is 14.1. The highest BCUT2D eigenvalue weighted by molar-refractivity contribution is 7.10. The minimum Gasteiger partial charge on any atom is -0.367 e. The fourth-order valence-corrected chi connectivity index (χ4v) is 3.99. The minimum atomic E-state index is -1.23. The van der Waals surface area contributed by atoms with E-state index in [1.165, 1.54) is 11.3 Å². The first-order valence-corrected chi connectivity index (χ1v) is 8.62. The Labute approximate surface area is 147 Å². The van der Waals surface area contributed by atoms with Crippen LogP contribution >= 0.6 is 22.9 Å². The van der Waals surface area contributed by atoms with Crippen LogP contribution in [-0.4, -0.2) is 10.9 Å². The zero-order valence-electron chi connectivity index (χ0n) is 12.5. The summed E-state index contributed by atoms with van der Waals surface area (Å²) in [7, 11) is 0. The van der Waals surface area contributed by atoms with Crippen LogP contribution in [0.15, 0.2) is 60.0 Å². The number of aromatic nitrogens is 1. The highest BCUT2D eigenvalue weighted by Gasteiger charge is 2.66. The number of amides is 1. The number of hydrogen-bond donors (Lipinski definition) is 1. The van der Waals surface area contributed by atoms with Crippen molar-refractivity contribution in [3.63, 3.8) is 0 Å². The average molecular weight is 357 g/mol. The van der Waals surface area contributed by atoms with Gasteiger partial charge in [-0.25, -0.2) is 4.98 Å². The predicted molar refractivity (Wildman–Crippen MR) is 93.7 cm³/mol. The van der Waals surface area contributed by atoms with Gasteiger partial charge in [0.2, 0.25) is 5.60 Å². The monoisotopic (exact) mass is 356 g/mol. The van der Waals surface area contributed by atoms with Crippen molar-refractivity contribution >= 4 is 28.8 Å². The van der Waals surface area contributed by atoms with Crippen LogP contribution in [0.4, 0.5) is 0 Å². The van der Waals surface area contributed by atoms with E-state index in [0.717, 1.165) is 16.8 Å². The van der Waals surface area contributed by atoms with Gasteiger partial charge in [-0.05, 0) is 6.07 Å². The third kappa shape index (κ3) is 2.33. The van der Waals surface area contributed by atoms with E-state index in [1.807, 2.05) is 53.9 Å². The van der Waals surface area contributed by atoms with Crippen molar-refractivity contribution in [3.05, 3.63) is 75.6 Å². The summed E-state index contributed by atoms with van der Waals surface area (Å²) in [6.07, 6.45) is -0.501. The van der Waals surface area contributed by atoms with E-state index in [1.54, 1.807) is 6.07 Å². The molecule has 1 aliphatic heterocycles. The molecular formula is C18H13ClN2O2S. The second-order valence-electron chi connectivity index (χ2n) is 5.52. The molecule has 1 amide bonds. The van der Waals surface area contributed by atoms with Gasteiger partial charge < -0.3 is 10.5 Å². The Hall–Kier alpha value is -2.21. The lowest BCUT2D eigenvalue weighted by Crippen LogP contribution is -2.30. The number of hydrogen-bond acceptors (Lipinski definition) is 4. The Morgan fingerprint density at radius 3 is 2.58 bits per heavy atom. The second-order valence-corrected chi connectivity index (χ2v) is 6.79. The number of carbonyl (C=O) groups is 1. The molecule has 0 saturated carbocycles. The van der Waals surface area contributed by atoms with Gasteiger partial charge in [-0.3, -0.25) is 4.79 Å². The van der Waals surface area contributed by atoms with Gasteiger partial charge in [0.25, 0.3) is 5.91 Å². The Morgan fingerprint density at radius 2 is 1.88 bits per heavy atom. The smallest absolute Gasteiger partial charge is 0.260 e. The number of nitrogens with two attached hydrogens (primary N) is 1. The van der Waals surface area contributed by atoms with Crippen LogP contribution in [0.2, 0.25) is 5.02 Å². The number of ether oxygens (including phenoxy) is 1. The number of epoxide rings is 1. The average Bonchev–Trinajstić information content (AvgIpc) is 3.16. The topological polar surface area (TPSA) is 68.5 Å². The molecule has 1 fully saturated rings. The fourth-order valence-electron chi connectivity index (χ4n) is 2.76. The largest absolute Gasteiger partial charge is 0.367 e. The van der Waals surface area contributed by atoms with Crippen LogP contribution in [0.3, 0.4) is 0 Å². The Kier molecular flexibility index (Phi) is 3.64. The first-order valence-electron chi connectivity index (χ1n) is 7.36. The molecule has 2 atom stereocenters. The van der Waals surface area contributed by atoms with Gasteiger partial charge in [0.05, 0.1) is 5.69 Å². The molecule has 2 heterocycles. The van der Waals surface area contributed by atoms with Crippen LogP contribution in [-0.2, 0) is 15.1 Å². The van der Waals surface area contributed by atoms with Crippen molar-refractivity contribution in [1.82, 2.24) is 4.98 Å². The molecule has 0 spiro atoms. The summed E-state index contributed by atoms with van der Waals surface area (Å²) in [4.78, 5) is 16.7. The van der Waals surface area contributed by atoms with Crippen molar-refractivity contribution in [2.45, 2.75) is 11.7 Å². The number of primary amides is 1. The quantitative estimate of drug-likeness (QED) is 0.720. The SMILES string of the molecule is NC(=O)C1(c2nc(-c3ccccc3)cs2)OC1c1ccccc1Cl. The normalized spacial score (nSPS) is 22.3. The van der Waals surface area contributed by atoms with Gasteiger partial charge in [0, 0.05) is 21.5 Å². The van der Waals surface area contributed by atoms with Gasteiger partial charge in [-0.1, -0.05) is 60.1 Å². The number of carbonyl (C=O) groups excluding carboxylic acids is 1. The summed E-state index contributed by atoms with van der Waals surface area (Å²) in [5, 5.41) is 3.00. The molecule has 2 N–H and O–H groups in total.